The maximum absolute atomic E-state index is 12.2. The molecule has 0 bridgehead atoms. The first-order chi connectivity index (χ1) is 10.2. The van der Waals surface area contributed by atoms with Crippen molar-refractivity contribution in [2.24, 2.45) is 11.0 Å². The summed E-state index contributed by atoms with van der Waals surface area (Å²) in [5.41, 5.74) is 9.32. The van der Waals surface area contributed by atoms with Crippen molar-refractivity contribution in [1.82, 2.24) is 4.90 Å². The van der Waals surface area contributed by atoms with Crippen molar-refractivity contribution in [2.45, 2.75) is 18.9 Å². The number of hydrogen-bond donors (Lipinski definition) is 1. The van der Waals surface area contributed by atoms with Crippen molar-refractivity contribution >= 4 is 17.5 Å². The number of nitrogens with zero attached hydrogens (tertiary/aromatic N) is 4. The van der Waals surface area contributed by atoms with Crippen LogP contribution in [0.4, 0.5) is 0 Å². The van der Waals surface area contributed by atoms with Crippen LogP contribution in [0.2, 0.25) is 5.02 Å². The Morgan fingerprint density at radius 3 is 2.81 bits per heavy atom. The SMILES string of the molecule is [N-]=[N+]=NCC1CC(=O)N(C(CCO)c2ccc(Cl)cc2)C1. The highest BCUT2D eigenvalue weighted by Crippen LogP contribution is 2.31. The molecule has 1 aliphatic heterocycles. The number of carbonyl (C=O) groups is 1. The zero-order chi connectivity index (χ0) is 15.2. The van der Waals surface area contributed by atoms with E-state index >= 15 is 0 Å². The van der Waals surface area contributed by atoms with Crippen LogP contribution in [0.5, 0.6) is 0 Å². The molecule has 2 atom stereocenters. The third kappa shape index (κ3) is 3.88. The third-order valence-electron chi connectivity index (χ3n) is 3.68. The van der Waals surface area contributed by atoms with Gasteiger partial charge in [-0.1, -0.05) is 28.8 Å². The number of likely N-dealkylation sites (tertiary alicyclic amines) is 1. The fourth-order valence-corrected chi connectivity index (χ4v) is 2.82. The summed E-state index contributed by atoms with van der Waals surface area (Å²) >= 11 is 5.89. The molecule has 1 saturated heterocycles. The van der Waals surface area contributed by atoms with E-state index in [4.69, 9.17) is 17.1 Å². The first kappa shape index (κ1) is 15.6. The smallest absolute Gasteiger partial charge is 0.223 e. The van der Waals surface area contributed by atoms with Crippen molar-refractivity contribution < 1.29 is 9.90 Å². The highest BCUT2D eigenvalue weighted by Gasteiger charge is 2.34. The summed E-state index contributed by atoms with van der Waals surface area (Å²) < 4.78 is 0. The highest BCUT2D eigenvalue weighted by molar-refractivity contribution is 6.30. The normalized spacial score (nSPS) is 19.4. The lowest BCUT2D eigenvalue weighted by Gasteiger charge is -2.28. The van der Waals surface area contributed by atoms with Gasteiger partial charge in [-0.3, -0.25) is 4.79 Å². The summed E-state index contributed by atoms with van der Waals surface area (Å²) in [4.78, 5) is 16.7. The number of aliphatic hydroxyl groups excluding tert-OH is 1. The number of hydrogen-bond acceptors (Lipinski definition) is 3. The van der Waals surface area contributed by atoms with Gasteiger partial charge >= 0.3 is 0 Å². The van der Waals surface area contributed by atoms with Gasteiger partial charge in [-0.15, -0.1) is 0 Å². The Labute approximate surface area is 127 Å². The van der Waals surface area contributed by atoms with Gasteiger partial charge in [-0.2, -0.15) is 0 Å². The summed E-state index contributed by atoms with van der Waals surface area (Å²) in [5.74, 6) is 0.0726. The number of aliphatic hydroxyl groups is 1. The molecule has 0 aromatic heterocycles. The lowest BCUT2D eigenvalue weighted by atomic mass is 10.0. The second kappa shape index (κ2) is 7.31. The molecule has 112 valence electrons. The third-order valence-corrected chi connectivity index (χ3v) is 3.93. The van der Waals surface area contributed by atoms with Crippen molar-refractivity contribution in [1.29, 1.82) is 0 Å². The first-order valence-electron chi connectivity index (χ1n) is 6.82. The van der Waals surface area contributed by atoms with Gasteiger partial charge in [0.2, 0.25) is 5.91 Å². The summed E-state index contributed by atoms with van der Waals surface area (Å²) in [6.45, 7) is 0.869. The van der Waals surface area contributed by atoms with E-state index in [0.29, 0.717) is 31.0 Å². The summed E-state index contributed by atoms with van der Waals surface area (Å²) in [6.07, 6.45) is 0.857. The van der Waals surface area contributed by atoms with Crippen molar-refractivity contribution in [3.63, 3.8) is 0 Å². The standard InChI is InChI=1S/C14H17ClN4O2/c15-12-3-1-11(2-4-12)13(5-6-20)19-9-10(7-14(19)21)8-17-18-16/h1-4,10,13,20H,5-9H2. The van der Waals surface area contributed by atoms with E-state index in [1.165, 1.54) is 0 Å². The van der Waals surface area contributed by atoms with E-state index in [0.717, 1.165) is 5.56 Å². The molecule has 1 aliphatic rings. The van der Waals surface area contributed by atoms with Crippen LogP contribution in [0.1, 0.15) is 24.4 Å². The van der Waals surface area contributed by atoms with E-state index in [1.807, 2.05) is 12.1 Å². The van der Waals surface area contributed by atoms with Crippen LogP contribution in [0, 0.1) is 5.92 Å². The number of benzene rings is 1. The minimum atomic E-state index is -0.171. The molecule has 2 rings (SSSR count). The fourth-order valence-electron chi connectivity index (χ4n) is 2.69. The van der Waals surface area contributed by atoms with Crippen LogP contribution < -0.4 is 0 Å². The minimum absolute atomic E-state index is 0.00190. The van der Waals surface area contributed by atoms with Gasteiger partial charge in [0.25, 0.3) is 0 Å². The molecular weight excluding hydrogens is 292 g/mol. The topological polar surface area (TPSA) is 89.3 Å². The Hall–Kier alpha value is -1.75. The summed E-state index contributed by atoms with van der Waals surface area (Å²) in [5, 5.41) is 13.5. The summed E-state index contributed by atoms with van der Waals surface area (Å²) in [6, 6.07) is 7.13. The van der Waals surface area contributed by atoms with Crippen LogP contribution in [0.3, 0.4) is 0 Å². The maximum atomic E-state index is 12.2. The minimum Gasteiger partial charge on any atom is -0.396 e. The average Bonchev–Trinajstić information content (AvgIpc) is 2.84. The molecule has 1 N–H and O–H groups in total. The number of rotatable bonds is 6. The van der Waals surface area contributed by atoms with Gasteiger partial charge in [0.05, 0.1) is 6.04 Å². The number of amides is 1. The molecule has 0 radical (unpaired) electrons. The van der Waals surface area contributed by atoms with Crippen LogP contribution in [0.15, 0.2) is 29.4 Å². The molecule has 0 saturated carbocycles. The van der Waals surface area contributed by atoms with Crippen LogP contribution in [-0.4, -0.2) is 35.6 Å². The Kier molecular flexibility index (Phi) is 5.44. The molecule has 0 aliphatic carbocycles. The number of halogens is 1. The van der Waals surface area contributed by atoms with Crippen molar-refractivity contribution in [3.8, 4) is 0 Å². The van der Waals surface area contributed by atoms with Gasteiger partial charge in [-0.05, 0) is 35.6 Å². The Balaban J connectivity index is 2.16. The van der Waals surface area contributed by atoms with Gasteiger partial charge < -0.3 is 10.0 Å². The average molecular weight is 309 g/mol. The lowest BCUT2D eigenvalue weighted by molar-refractivity contribution is -0.130. The first-order valence-corrected chi connectivity index (χ1v) is 7.20. The Morgan fingerprint density at radius 2 is 2.19 bits per heavy atom. The molecule has 2 unspecified atom stereocenters. The molecule has 1 aromatic carbocycles. The Morgan fingerprint density at radius 1 is 1.48 bits per heavy atom. The van der Waals surface area contributed by atoms with Crippen LogP contribution in [0.25, 0.3) is 10.4 Å². The lowest BCUT2D eigenvalue weighted by Crippen LogP contribution is -2.31. The molecule has 7 heteroatoms. The highest BCUT2D eigenvalue weighted by atomic mass is 35.5. The zero-order valence-electron chi connectivity index (χ0n) is 11.5. The molecule has 6 nitrogen and oxygen atoms in total. The predicted octanol–water partition coefficient (Wildman–Crippen LogP) is 2.92. The van der Waals surface area contributed by atoms with E-state index in [2.05, 4.69) is 10.0 Å². The fraction of sp³-hybridized carbons (Fsp3) is 0.500. The van der Waals surface area contributed by atoms with Gasteiger partial charge in [0.15, 0.2) is 0 Å². The molecule has 1 amide bonds. The summed E-state index contributed by atoms with van der Waals surface area (Å²) in [7, 11) is 0. The predicted molar refractivity (Wildman–Crippen MR) is 79.7 cm³/mol. The van der Waals surface area contributed by atoms with Crippen LogP contribution >= 0.6 is 11.6 Å². The van der Waals surface area contributed by atoms with Crippen molar-refractivity contribution in [3.05, 3.63) is 45.3 Å². The monoisotopic (exact) mass is 308 g/mol. The molecule has 0 spiro atoms. The second-order valence-corrected chi connectivity index (χ2v) is 5.55. The van der Waals surface area contributed by atoms with E-state index in [1.54, 1.807) is 17.0 Å². The number of azide groups is 1. The molecule has 1 heterocycles. The van der Waals surface area contributed by atoms with Crippen LogP contribution in [-0.2, 0) is 4.79 Å². The molecule has 21 heavy (non-hydrogen) atoms. The van der Waals surface area contributed by atoms with Crippen molar-refractivity contribution in [2.75, 3.05) is 19.7 Å². The largest absolute Gasteiger partial charge is 0.396 e. The Bertz CT molecular complexity index is 542. The number of carbonyl (C=O) groups excluding carboxylic acids is 1. The quantitative estimate of drug-likeness (QED) is 0.497. The second-order valence-electron chi connectivity index (χ2n) is 5.11. The zero-order valence-corrected chi connectivity index (χ0v) is 12.3. The van der Waals surface area contributed by atoms with E-state index < -0.39 is 0 Å². The molecular formula is C14H17ClN4O2. The van der Waals surface area contributed by atoms with E-state index in [-0.39, 0.29) is 24.5 Å². The molecule has 1 aromatic rings. The van der Waals surface area contributed by atoms with Gasteiger partial charge in [0.1, 0.15) is 0 Å². The van der Waals surface area contributed by atoms with Gasteiger partial charge in [0, 0.05) is 36.1 Å². The molecule has 1 fully saturated rings. The van der Waals surface area contributed by atoms with E-state index in [9.17, 15) is 9.90 Å². The van der Waals surface area contributed by atoms with Gasteiger partial charge in [-0.25, -0.2) is 0 Å². The maximum Gasteiger partial charge on any atom is 0.223 e.